The van der Waals surface area contributed by atoms with Gasteiger partial charge in [-0.15, -0.1) is 0 Å². The molecule has 4 aromatic rings. The van der Waals surface area contributed by atoms with Crippen LogP contribution in [0.15, 0.2) is 102 Å². The number of aliphatic hydroxyl groups excluding tert-OH is 1. The summed E-state index contributed by atoms with van der Waals surface area (Å²) in [4.78, 5) is 13.5. The van der Waals surface area contributed by atoms with Gasteiger partial charge in [-0.25, -0.2) is 13.1 Å². The van der Waals surface area contributed by atoms with Crippen LogP contribution in [0.3, 0.4) is 0 Å². The maximum absolute atomic E-state index is 13.4. The van der Waals surface area contributed by atoms with Gasteiger partial charge in [0.25, 0.3) is 5.91 Å². The molecule has 1 aliphatic heterocycles. The fourth-order valence-corrected chi connectivity index (χ4v) is 6.24. The quantitative estimate of drug-likeness (QED) is 0.254. The molecule has 5 rings (SSSR count). The summed E-state index contributed by atoms with van der Waals surface area (Å²) in [5, 5.41) is 14.2. The number of anilines is 1. The lowest BCUT2D eigenvalue weighted by Crippen LogP contribution is -2.53. The van der Waals surface area contributed by atoms with Crippen molar-refractivity contribution in [1.82, 2.24) is 4.72 Å². The Hall–Kier alpha value is -3.98. The SMILES string of the molecule is CCc1ccc(S(=O)(=O)N[C@@H]2c3cc(C(=O)Nc4ccccc4Cc4ccccc4)ccc3OC(C)(C)[C@H]2O)cc1. The van der Waals surface area contributed by atoms with Crippen molar-refractivity contribution in [2.24, 2.45) is 0 Å². The summed E-state index contributed by atoms with van der Waals surface area (Å²) >= 11 is 0. The summed E-state index contributed by atoms with van der Waals surface area (Å²) in [6.07, 6.45) is 0.222. The molecule has 0 fully saturated rings. The molecule has 1 aliphatic rings. The van der Waals surface area contributed by atoms with Crippen molar-refractivity contribution in [1.29, 1.82) is 0 Å². The van der Waals surface area contributed by atoms with Crippen molar-refractivity contribution in [3.05, 3.63) is 125 Å². The summed E-state index contributed by atoms with van der Waals surface area (Å²) in [7, 11) is -3.99. The number of carbonyl (C=O) groups excluding carboxylic acids is 1. The summed E-state index contributed by atoms with van der Waals surface area (Å²) in [6, 6.07) is 28.1. The van der Waals surface area contributed by atoms with Gasteiger partial charge in [0.15, 0.2) is 0 Å². The molecule has 4 aromatic carbocycles. The molecule has 1 amide bonds. The Labute approximate surface area is 241 Å². The van der Waals surface area contributed by atoms with Gasteiger partial charge in [-0.2, -0.15) is 0 Å². The number of hydrogen-bond acceptors (Lipinski definition) is 5. The molecular formula is C33H34N2O5S. The van der Waals surface area contributed by atoms with Crippen molar-refractivity contribution in [2.45, 2.75) is 56.3 Å². The number of para-hydroxylation sites is 1. The van der Waals surface area contributed by atoms with Gasteiger partial charge in [0.2, 0.25) is 10.0 Å². The third kappa shape index (κ3) is 6.20. The highest BCUT2D eigenvalue weighted by molar-refractivity contribution is 7.89. The van der Waals surface area contributed by atoms with Gasteiger partial charge in [-0.3, -0.25) is 4.79 Å². The van der Waals surface area contributed by atoms with Crippen LogP contribution in [0.4, 0.5) is 5.69 Å². The smallest absolute Gasteiger partial charge is 0.255 e. The zero-order valence-corrected chi connectivity index (χ0v) is 24.1. The van der Waals surface area contributed by atoms with Crippen molar-refractivity contribution >= 4 is 21.6 Å². The van der Waals surface area contributed by atoms with Crippen LogP contribution in [0.2, 0.25) is 0 Å². The molecule has 0 saturated carbocycles. The average Bonchev–Trinajstić information content (AvgIpc) is 2.96. The fourth-order valence-electron chi connectivity index (χ4n) is 5.02. The van der Waals surface area contributed by atoms with Gasteiger partial charge >= 0.3 is 0 Å². The maximum Gasteiger partial charge on any atom is 0.255 e. The standard InChI is InChI=1S/C33H34N2O5S/c1-4-22-14-17-26(18-15-22)41(38,39)35-30-27-21-25(16-19-29(27)40-33(2,3)31(30)36)32(37)34-28-13-9-8-12-24(28)20-23-10-6-5-7-11-23/h5-19,21,30-31,35-36H,4,20H2,1-3H3,(H,34,37)/t30-,31+/m1/s1. The molecule has 0 aliphatic carbocycles. The van der Waals surface area contributed by atoms with Crippen molar-refractivity contribution in [2.75, 3.05) is 5.32 Å². The molecule has 1 heterocycles. The Bertz CT molecular complexity index is 1650. The monoisotopic (exact) mass is 570 g/mol. The molecule has 2 atom stereocenters. The second kappa shape index (κ2) is 11.5. The number of fused-ring (bicyclic) bond motifs is 1. The van der Waals surface area contributed by atoms with Crippen LogP contribution in [0.5, 0.6) is 5.75 Å². The lowest BCUT2D eigenvalue weighted by molar-refractivity contribution is -0.0603. The van der Waals surface area contributed by atoms with Crippen molar-refractivity contribution in [3.8, 4) is 5.75 Å². The highest BCUT2D eigenvalue weighted by Crippen LogP contribution is 2.41. The van der Waals surface area contributed by atoms with Crippen LogP contribution in [0, 0.1) is 0 Å². The van der Waals surface area contributed by atoms with E-state index in [1.54, 1.807) is 56.3 Å². The van der Waals surface area contributed by atoms with Crippen molar-refractivity contribution in [3.63, 3.8) is 0 Å². The third-order valence-electron chi connectivity index (χ3n) is 7.44. The first kappa shape index (κ1) is 28.5. The number of carbonyl (C=O) groups is 1. The predicted octanol–water partition coefficient (Wildman–Crippen LogP) is 5.64. The molecule has 41 heavy (non-hydrogen) atoms. The molecule has 0 saturated heterocycles. The molecular weight excluding hydrogens is 536 g/mol. The van der Waals surface area contributed by atoms with Crippen molar-refractivity contribution < 1.29 is 23.1 Å². The van der Waals surface area contributed by atoms with Gasteiger partial charge in [0.05, 0.1) is 10.9 Å². The first-order chi connectivity index (χ1) is 19.6. The number of aryl methyl sites for hydroxylation is 1. The highest BCUT2D eigenvalue weighted by Gasteiger charge is 2.45. The number of sulfonamides is 1. The van der Waals surface area contributed by atoms with Crippen LogP contribution >= 0.6 is 0 Å². The van der Waals surface area contributed by atoms with E-state index in [2.05, 4.69) is 10.0 Å². The number of aliphatic hydroxyl groups is 1. The Morgan fingerprint density at radius 3 is 2.29 bits per heavy atom. The average molecular weight is 571 g/mol. The van der Waals surface area contributed by atoms with E-state index in [1.165, 1.54) is 0 Å². The molecule has 7 nitrogen and oxygen atoms in total. The minimum atomic E-state index is -3.99. The zero-order chi connectivity index (χ0) is 29.2. The van der Waals surface area contributed by atoms with E-state index in [9.17, 15) is 18.3 Å². The highest BCUT2D eigenvalue weighted by atomic mass is 32.2. The minimum absolute atomic E-state index is 0.0941. The summed E-state index contributed by atoms with van der Waals surface area (Å²) in [5.41, 5.74) is 3.40. The second-order valence-corrected chi connectivity index (χ2v) is 12.5. The lowest BCUT2D eigenvalue weighted by Gasteiger charge is -2.42. The van der Waals surface area contributed by atoms with Crippen LogP contribution < -0.4 is 14.8 Å². The second-order valence-electron chi connectivity index (χ2n) is 10.8. The van der Waals surface area contributed by atoms with E-state index in [1.807, 2.05) is 61.5 Å². The van der Waals surface area contributed by atoms with Crippen LogP contribution in [0.25, 0.3) is 0 Å². The number of amides is 1. The molecule has 0 bridgehead atoms. The van der Waals surface area contributed by atoms with E-state index in [4.69, 9.17) is 4.74 Å². The molecule has 212 valence electrons. The Kier molecular flexibility index (Phi) is 8.00. The molecule has 3 N–H and O–H groups in total. The van der Waals surface area contributed by atoms with Gasteiger partial charge < -0.3 is 15.2 Å². The van der Waals surface area contributed by atoms with E-state index < -0.39 is 27.8 Å². The van der Waals surface area contributed by atoms with E-state index in [-0.39, 0.29) is 10.8 Å². The Balaban J connectivity index is 1.44. The van der Waals surface area contributed by atoms with E-state index >= 15 is 0 Å². The summed E-state index contributed by atoms with van der Waals surface area (Å²) < 4.78 is 35.5. The van der Waals surface area contributed by atoms with Crippen LogP contribution in [0.1, 0.15) is 59.4 Å². The number of rotatable bonds is 8. The zero-order valence-electron chi connectivity index (χ0n) is 23.3. The van der Waals surface area contributed by atoms with E-state index in [0.29, 0.717) is 29.0 Å². The molecule has 8 heteroatoms. The molecule has 0 aromatic heterocycles. The molecule has 0 radical (unpaired) electrons. The van der Waals surface area contributed by atoms with Gasteiger partial charge in [0, 0.05) is 16.8 Å². The molecule has 0 spiro atoms. The predicted molar refractivity (Wildman–Crippen MR) is 160 cm³/mol. The van der Waals surface area contributed by atoms with Crippen LogP contribution in [-0.4, -0.2) is 31.1 Å². The number of ether oxygens (including phenoxy) is 1. The number of benzene rings is 4. The van der Waals surface area contributed by atoms with Gasteiger partial charge in [-0.1, -0.05) is 67.6 Å². The fraction of sp³-hybridized carbons (Fsp3) is 0.242. The lowest BCUT2D eigenvalue weighted by atomic mass is 9.86. The number of nitrogens with one attached hydrogen (secondary N) is 2. The Morgan fingerprint density at radius 1 is 0.902 bits per heavy atom. The summed E-state index contributed by atoms with van der Waals surface area (Å²) in [5.74, 6) is 0.0414. The largest absolute Gasteiger partial charge is 0.485 e. The van der Waals surface area contributed by atoms with Gasteiger partial charge in [0.1, 0.15) is 17.5 Å². The topological polar surface area (TPSA) is 105 Å². The molecule has 0 unspecified atom stereocenters. The summed E-state index contributed by atoms with van der Waals surface area (Å²) in [6.45, 7) is 5.39. The first-order valence-corrected chi connectivity index (χ1v) is 15.1. The van der Waals surface area contributed by atoms with Crippen LogP contribution in [-0.2, 0) is 22.9 Å². The minimum Gasteiger partial charge on any atom is -0.485 e. The van der Waals surface area contributed by atoms with E-state index in [0.717, 1.165) is 23.1 Å². The van der Waals surface area contributed by atoms with Gasteiger partial charge in [-0.05, 0) is 79.8 Å². The third-order valence-corrected chi connectivity index (χ3v) is 8.89. The number of hydrogen-bond donors (Lipinski definition) is 3. The Morgan fingerprint density at radius 2 is 1.59 bits per heavy atom. The first-order valence-electron chi connectivity index (χ1n) is 13.6. The maximum atomic E-state index is 13.4. The normalized spacial score (nSPS) is 17.8.